The van der Waals surface area contributed by atoms with Crippen LogP contribution in [0.3, 0.4) is 0 Å². The molecule has 0 fully saturated rings. The summed E-state index contributed by atoms with van der Waals surface area (Å²) in [6.45, 7) is 4.58. The van der Waals surface area contributed by atoms with Crippen LogP contribution in [0.25, 0.3) is 11.1 Å². The molecule has 0 aliphatic carbocycles. The van der Waals surface area contributed by atoms with E-state index in [0.29, 0.717) is 11.1 Å². The third-order valence-electron chi connectivity index (χ3n) is 3.56. The van der Waals surface area contributed by atoms with Gasteiger partial charge in [0.1, 0.15) is 18.0 Å². The molecule has 2 rings (SSSR count). The number of esters is 1. The Morgan fingerprint density at radius 3 is 2.25 bits per heavy atom. The van der Waals surface area contributed by atoms with Crippen molar-refractivity contribution in [2.24, 2.45) is 0 Å². The Kier molecular flexibility index (Phi) is 6.63. The lowest BCUT2D eigenvalue weighted by molar-refractivity contribution is -0.152. The number of ether oxygens (including phenoxy) is 1. The monoisotopic (exact) mass is 447 g/mol. The Morgan fingerprint density at radius 2 is 1.75 bits per heavy atom. The molecule has 2 aromatic carbocycles. The first kappa shape index (κ1) is 22.5. The first-order valence-corrected chi connectivity index (χ1v) is 10.8. The highest BCUT2D eigenvalue weighted by molar-refractivity contribution is 7.92. The van der Waals surface area contributed by atoms with Crippen molar-refractivity contribution in [2.75, 3.05) is 17.1 Å². The summed E-state index contributed by atoms with van der Waals surface area (Å²) in [5, 5.41) is 0.165. The second-order valence-electron chi connectivity index (χ2n) is 7.15. The molecule has 0 atom stereocenters. The molecule has 0 saturated heterocycles. The lowest BCUT2D eigenvalue weighted by atomic mass is 10.1. The summed E-state index contributed by atoms with van der Waals surface area (Å²) in [6.07, 6.45) is 0.985. The number of hydrogen-bond acceptors (Lipinski definition) is 4. The standard InChI is InChI=1S/C19H20Cl2FNO4S/c1-19(2,3)27-18(24)11-23(28(4,25)26)13-6-7-14(15(20)10-13)12-5-8-17(22)16(21)9-12/h5-10H,11H2,1-4H3. The van der Waals surface area contributed by atoms with E-state index < -0.39 is 34.0 Å². The number of rotatable bonds is 5. The number of halogens is 3. The van der Waals surface area contributed by atoms with Gasteiger partial charge in [-0.15, -0.1) is 0 Å². The zero-order chi connectivity index (χ0) is 21.3. The van der Waals surface area contributed by atoms with E-state index in [9.17, 15) is 17.6 Å². The van der Waals surface area contributed by atoms with Crippen LogP contribution >= 0.6 is 23.2 Å². The Hall–Kier alpha value is -1.83. The van der Waals surface area contributed by atoms with Crippen molar-refractivity contribution >= 4 is 44.9 Å². The minimum Gasteiger partial charge on any atom is -0.459 e. The van der Waals surface area contributed by atoms with Crippen LogP contribution in [0.1, 0.15) is 20.8 Å². The Balaban J connectivity index is 2.39. The normalized spacial score (nSPS) is 12.0. The zero-order valence-electron chi connectivity index (χ0n) is 15.8. The maximum Gasteiger partial charge on any atom is 0.327 e. The van der Waals surface area contributed by atoms with Crippen LogP contribution in [0, 0.1) is 5.82 Å². The maximum atomic E-state index is 13.4. The average Bonchev–Trinajstić information content (AvgIpc) is 2.52. The minimum atomic E-state index is -3.77. The van der Waals surface area contributed by atoms with Crippen LogP contribution in [0.4, 0.5) is 10.1 Å². The van der Waals surface area contributed by atoms with Gasteiger partial charge in [-0.1, -0.05) is 35.3 Å². The maximum absolute atomic E-state index is 13.4. The molecule has 0 aliphatic rings. The van der Waals surface area contributed by atoms with E-state index in [0.717, 1.165) is 10.6 Å². The van der Waals surface area contributed by atoms with Gasteiger partial charge in [-0.2, -0.15) is 0 Å². The lowest BCUT2D eigenvalue weighted by Crippen LogP contribution is -2.38. The molecule has 0 heterocycles. The molecule has 0 unspecified atom stereocenters. The van der Waals surface area contributed by atoms with Crippen molar-refractivity contribution in [3.8, 4) is 11.1 Å². The molecular weight excluding hydrogens is 428 g/mol. The molecule has 2 aromatic rings. The number of carbonyl (C=O) groups excluding carboxylic acids is 1. The quantitative estimate of drug-likeness (QED) is 0.610. The summed E-state index contributed by atoms with van der Waals surface area (Å²) in [4.78, 5) is 12.1. The fourth-order valence-corrected chi connectivity index (χ4v) is 3.75. The molecule has 0 radical (unpaired) electrons. The summed E-state index contributed by atoms with van der Waals surface area (Å²) < 4.78 is 43.9. The molecule has 0 bridgehead atoms. The molecule has 9 heteroatoms. The lowest BCUT2D eigenvalue weighted by Gasteiger charge is -2.25. The van der Waals surface area contributed by atoms with Crippen molar-refractivity contribution in [3.63, 3.8) is 0 Å². The van der Waals surface area contributed by atoms with E-state index in [1.165, 1.54) is 30.3 Å². The number of nitrogens with zero attached hydrogens (tertiary/aromatic N) is 1. The molecule has 0 saturated carbocycles. The van der Waals surface area contributed by atoms with Gasteiger partial charge in [-0.05, 0) is 50.6 Å². The van der Waals surface area contributed by atoms with Gasteiger partial charge in [-0.25, -0.2) is 12.8 Å². The van der Waals surface area contributed by atoms with Gasteiger partial charge in [0, 0.05) is 5.56 Å². The van der Waals surface area contributed by atoms with E-state index in [1.807, 2.05) is 0 Å². The van der Waals surface area contributed by atoms with Crippen LogP contribution in [0.15, 0.2) is 36.4 Å². The van der Waals surface area contributed by atoms with Gasteiger partial charge in [0.05, 0.1) is 22.0 Å². The third kappa shape index (κ3) is 5.83. The second-order valence-corrected chi connectivity index (χ2v) is 9.87. The van der Waals surface area contributed by atoms with Crippen LogP contribution in [-0.4, -0.2) is 32.8 Å². The van der Waals surface area contributed by atoms with Gasteiger partial charge in [0.15, 0.2) is 0 Å². The highest BCUT2D eigenvalue weighted by atomic mass is 35.5. The predicted octanol–water partition coefficient (Wildman–Crippen LogP) is 4.91. The Bertz CT molecular complexity index is 1000. The Morgan fingerprint density at radius 1 is 1.11 bits per heavy atom. The van der Waals surface area contributed by atoms with Gasteiger partial charge in [0.2, 0.25) is 10.0 Å². The molecule has 152 valence electrons. The molecule has 0 spiro atoms. The number of sulfonamides is 1. The fraction of sp³-hybridized carbons (Fsp3) is 0.316. The Labute approximate surface area is 174 Å². The van der Waals surface area contributed by atoms with E-state index >= 15 is 0 Å². The highest BCUT2D eigenvalue weighted by Crippen LogP contribution is 2.34. The second kappa shape index (κ2) is 8.27. The largest absolute Gasteiger partial charge is 0.459 e. The van der Waals surface area contributed by atoms with Crippen molar-refractivity contribution in [1.82, 2.24) is 0 Å². The first-order chi connectivity index (χ1) is 12.8. The summed E-state index contributed by atoms with van der Waals surface area (Å²) in [5.74, 6) is -1.25. The highest BCUT2D eigenvalue weighted by Gasteiger charge is 2.25. The SMILES string of the molecule is CC(C)(C)OC(=O)CN(c1ccc(-c2ccc(F)c(Cl)c2)c(Cl)c1)S(C)(=O)=O. The van der Waals surface area contributed by atoms with Crippen molar-refractivity contribution in [2.45, 2.75) is 26.4 Å². The average molecular weight is 448 g/mol. The topological polar surface area (TPSA) is 63.7 Å². The van der Waals surface area contributed by atoms with E-state index in [1.54, 1.807) is 26.8 Å². The van der Waals surface area contributed by atoms with Crippen molar-refractivity contribution < 1.29 is 22.3 Å². The summed E-state index contributed by atoms with van der Waals surface area (Å²) in [5.41, 5.74) is 0.568. The van der Waals surface area contributed by atoms with E-state index in [-0.39, 0.29) is 15.7 Å². The van der Waals surface area contributed by atoms with Crippen LogP contribution in [-0.2, 0) is 19.6 Å². The summed E-state index contributed by atoms with van der Waals surface area (Å²) in [6, 6.07) is 8.65. The summed E-state index contributed by atoms with van der Waals surface area (Å²) >= 11 is 12.1. The van der Waals surface area contributed by atoms with E-state index in [2.05, 4.69) is 0 Å². The van der Waals surface area contributed by atoms with E-state index in [4.69, 9.17) is 27.9 Å². The van der Waals surface area contributed by atoms with Crippen LogP contribution in [0.2, 0.25) is 10.0 Å². The molecular formula is C19H20Cl2FNO4S. The molecule has 5 nitrogen and oxygen atoms in total. The number of carbonyl (C=O) groups is 1. The first-order valence-electron chi connectivity index (χ1n) is 8.22. The molecule has 28 heavy (non-hydrogen) atoms. The molecule has 0 aromatic heterocycles. The smallest absolute Gasteiger partial charge is 0.327 e. The molecule has 0 aliphatic heterocycles. The number of benzene rings is 2. The fourth-order valence-electron chi connectivity index (χ4n) is 2.45. The number of anilines is 1. The summed E-state index contributed by atoms with van der Waals surface area (Å²) in [7, 11) is -3.77. The van der Waals surface area contributed by atoms with Gasteiger partial charge in [-0.3, -0.25) is 9.10 Å². The van der Waals surface area contributed by atoms with Crippen molar-refractivity contribution in [3.05, 3.63) is 52.3 Å². The predicted molar refractivity (Wildman–Crippen MR) is 110 cm³/mol. The van der Waals surface area contributed by atoms with Crippen LogP contribution < -0.4 is 4.31 Å². The van der Waals surface area contributed by atoms with Gasteiger partial charge < -0.3 is 4.74 Å². The minimum absolute atomic E-state index is 0.0552. The third-order valence-corrected chi connectivity index (χ3v) is 5.31. The molecule has 0 N–H and O–H groups in total. The zero-order valence-corrected chi connectivity index (χ0v) is 18.1. The molecule has 0 amide bonds. The van der Waals surface area contributed by atoms with Gasteiger partial charge in [0.25, 0.3) is 0 Å². The van der Waals surface area contributed by atoms with Crippen LogP contribution in [0.5, 0.6) is 0 Å². The van der Waals surface area contributed by atoms with Gasteiger partial charge >= 0.3 is 5.97 Å². The number of hydrogen-bond donors (Lipinski definition) is 0. The van der Waals surface area contributed by atoms with Crippen molar-refractivity contribution in [1.29, 1.82) is 0 Å².